The van der Waals surface area contributed by atoms with E-state index in [-0.39, 0.29) is 5.91 Å². The molecule has 3 aromatic rings. The number of hydrogen-bond acceptors (Lipinski definition) is 5. The van der Waals surface area contributed by atoms with Gasteiger partial charge in [-0.25, -0.2) is 13.4 Å². The molecule has 0 saturated carbocycles. The molecule has 0 aliphatic carbocycles. The zero-order chi connectivity index (χ0) is 23.7. The van der Waals surface area contributed by atoms with E-state index in [1.54, 1.807) is 39.7 Å². The Hall–Kier alpha value is -3.23. The molecule has 8 heteroatoms. The topological polar surface area (TPSA) is 82.6 Å². The molecule has 2 aliphatic rings. The summed E-state index contributed by atoms with van der Waals surface area (Å²) in [6.07, 6.45) is 5.23. The molecule has 1 N–H and O–H groups in total. The predicted molar refractivity (Wildman–Crippen MR) is 132 cm³/mol. The number of hydrogen-bond donors (Lipinski definition) is 1. The molecule has 0 radical (unpaired) electrons. The van der Waals surface area contributed by atoms with Crippen LogP contribution in [-0.4, -0.2) is 36.7 Å². The molecule has 176 valence electrons. The van der Waals surface area contributed by atoms with Crippen LogP contribution in [0.25, 0.3) is 0 Å². The minimum atomic E-state index is -3.51. The SMILES string of the molecule is Cc1ccc(N2C(=O)c3ccccc3[C@H]2Nc2ccc(S(=O)(=O)N3CCCCCC3)cc2)nc1. The van der Waals surface area contributed by atoms with Crippen LogP contribution < -0.4 is 10.2 Å². The standard InChI is InChI=1S/C26H28N4O3S/c1-19-10-15-24(27-18-19)30-25(22-8-4-5-9-23(22)26(30)31)28-20-11-13-21(14-12-20)34(32,33)29-16-6-2-3-7-17-29/h4-5,8-15,18,25,28H,2-3,6-7,16-17H2,1H3/t25-/m0/s1. The number of amides is 1. The van der Waals surface area contributed by atoms with Crippen molar-refractivity contribution in [3.05, 3.63) is 83.6 Å². The molecule has 0 bridgehead atoms. The number of sulfonamides is 1. The molecule has 1 amide bonds. The third-order valence-corrected chi connectivity index (χ3v) is 8.38. The summed E-state index contributed by atoms with van der Waals surface area (Å²) in [5, 5.41) is 3.42. The quantitative estimate of drug-likeness (QED) is 0.576. The van der Waals surface area contributed by atoms with Gasteiger partial charge >= 0.3 is 0 Å². The molecule has 5 rings (SSSR count). The van der Waals surface area contributed by atoms with E-state index in [1.807, 2.05) is 43.3 Å². The average molecular weight is 477 g/mol. The van der Waals surface area contributed by atoms with Gasteiger partial charge in [0.15, 0.2) is 0 Å². The highest BCUT2D eigenvalue weighted by Gasteiger charge is 2.38. The van der Waals surface area contributed by atoms with Crippen molar-refractivity contribution >= 4 is 27.4 Å². The van der Waals surface area contributed by atoms with Crippen LogP contribution in [0.4, 0.5) is 11.5 Å². The highest BCUT2D eigenvalue weighted by atomic mass is 32.2. The Kier molecular flexibility index (Phi) is 6.10. The number of pyridine rings is 1. The zero-order valence-electron chi connectivity index (χ0n) is 19.1. The van der Waals surface area contributed by atoms with Gasteiger partial charge in [-0.3, -0.25) is 9.69 Å². The maximum absolute atomic E-state index is 13.2. The highest BCUT2D eigenvalue weighted by molar-refractivity contribution is 7.89. The number of nitrogens with one attached hydrogen (secondary N) is 1. The fourth-order valence-electron chi connectivity index (χ4n) is 4.61. The third-order valence-electron chi connectivity index (χ3n) is 6.47. The van der Waals surface area contributed by atoms with E-state index in [0.717, 1.165) is 42.5 Å². The number of aromatic nitrogens is 1. The summed E-state index contributed by atoms with van der Waals surface area (Å²) >= 11 is 0. The first-order valence-corrected chi connectivity index (χ1v) is 13.1. The second kappa shape index (κ2) is 9.19. The summed E-state index contributed by atoms with van der Waals surface area (Å²) in [5.74, 6) is 0.439. The summed E-state index contributed by atoms with van der Waals surface area (Å²) in [4.78, 5) is 19.6. The number of carbonyl (C=O) groups is 1. The normalized spacial score (nSPS) is 19.0. The molecule has 7 nitrogen and oxygen atoms in total. The molecular weight excluding hydrogens is 448 g/mol. The lowest BCUT2D eigenvalue weighted by Crippen LogP contribution is -2.33. The van der Waals surface area contributed by atoms with E-state index in [0.29, 0.717) is 29.4 Å². The van der Waals surface area contributed by atoms with Gasteiger partial charge in [-0.15, -0.1) is 0 Å². The van der Waals surface area contributed by atoms with Crippen LogP contribution >= 0.6 is 0 Å². The molecule has 2 aromatic carbocycles. The van der Waals surface area contributed by atoms with E-state index in [9.17, 15) is 13.2 Å². The number of carbonyl (C=O) groups excluding carboxylic acids is 1. The largest absolute Gasteiger partial charge is 0.361 e. The molecule has 1 aromatic heterocycles. The minimum Gasteiger partial charge on any atom is -0.361 e. The van der Waals surface area contributed by atoms with E-state index in [1.165, 1.54) is 0 Å². The van der Waals surface area contributed by atoms with Gasteiger partial charge in [0.05, 0.1) is 4.90 Å². The van der Waals surface area contributed by atoms with E-state index in [2.05, 4.69) is 10.3 Å². The van der Waals surface area contributed by atoms with Gasteiger partial charge in [0.1, 0.15) is 12.0 Å². The molecule has 34 heavy (non-hydrogen) atoms. The van der Waals surface area contributed by atoms with Crippen molar-refractivity contribution in [2.24, 2.45) is 0 Å². The van der Waals surface area contributed by atoms with Crippen molar-refractivity contribution in [3.8, 4) is 0 Å². The number of nitrogens with zero attached hydrogens (tertiary/aromatic N) is 3. The molecular formula is C26H28N4O3S. The van der Waals surface area contributed by atoms with Crippen molar-refractivity contribution in [2.45, 2.75) is 43.7 Å². The van der Waals surface area contributed by atoms with Gasteiger partial charge in [0, 0.05) is 36.1 Å². The minimum absolute atomic E-state index is 0.121. The van der Waals surface area contributed by atoms with Crippen LogP contribution in [-0.2, 0) is 10.0 Å². The van der Waals surface area contributed by atoms with Crippen LogP contribution in [0, 0.1) is 6.92 Å². The smallest absolute Gasteiger partial charge is 0.261 e. The van der Waals surface area contributed by atoms with Crippen molar-refractivity contribution < 1.29 is 13.2 Å². The Morgan fingerprint density at radius 1 is 0.912 bits per heavy atom. The summed E-state index contributed by atoms with van der Waals surface area (Å²) in [6.45, 7) is 3.10. The number of rotatable bonds is 5. The Labute approximate surface area is 200 Å². The van der Waals surface area contributed by atoms with Crippen LogP contribution in [0.3, 0.4) is 0 Å². The summed E-state index contributed by atoms with van der Waals surface area (Å²) < 4.78 is 27.8. The maximum Gasteiger partial charge on any atom is 0.261 e. The van der Waals surface area contributed by atoms with Gasteiger partial charge in [-0.1, -0.05) is 37.1 Å². The molecule has 0 spiro atoms. The van der Waals surface area contributed by atoms with Crippen molar-refractivity contribution in [1.82, 2.24) is 9.29 Å². The van der Waals surface area contributed by atoms with Crippen LogP contribution in [0.15, 0.2) is 71.8 Å². The lowest BCUT2D eigenvalue weighted by molar-refractivity contribution is 0.0992. The lowest BCUT2D eigenvalue weighted by Gasteiger charge is -2.26. The van der Waals surface area contributed by atoms with Crippen LogP contribution in [0.2, 0.25) is 0 Å². The van der Waals surface area contributed by atoms with Gasteiger partial charge < -0.3 is 5.32 Å². The van der Waals surface area contributed by atoms with E-state index < -0.39 is 16.2 Å². The number of anilines is 2. The van der Waals surface area contributed by atoms with Crippen molar-refractivity contribution in [3.63, 3.8) is 0 Å². The number of benzene rings is 2. The highest BCUT2D eigenvalue weighted by Crippen LogP contribution is 2.37. The first kappa shape index (κ1) is 22.6. The molecule has 1 fully saturated rings. The Morgan fingerprint density at radius 2 is 1.62 bits per heavy atom. The fourth-order valence-corrected chi connectivity index (χ4v) is 6.13. The lowest BCUT2D eigenvalue weighted by atomic mass is 10.1. The summed E-state index contributed by atoms with van der Waals surface area (Å²) in [5.41, 5.74) is 3.22. The van der Waals surface area contributed by atoms with Gasteiger partial charge in [0.2, 0.25) is 10.0 Å². The number of aryl methyl sites for hydroxylation is 1. The maximum atomic E-state index is 13.2. The van der Waals surface area contributed by atoms with Crippen LogP contribution in [0.1, 0.15) is 53.3 Å². The summed E-state index contributed by atoms with van der Waals surface area (Å²) in [6, 6.07) is 18.1. The van der Waals surface area contributed by atoms with Crippen molar-refractivity contribution in [2.75, 3.05) is 23.3 Å². The second-order valence-electron chi connectivity index (χ2n) is 8.85. The molecule has 0 unspecified atom stereocenters. The molecule has 1 saturated heterocycles. The predicted octanol–water partition coefficient (Wildman–Crippen LogP) is 4.73. The average Bonchev–Trinajstić information content (AvgIpc) is 3.02. The van der Waals surface area contributed by atoms with Crippen molar-refractivity contribution in [1.29, 1.82) is 0 Å². The second-order valence-corrected chi connectivity index (χ2v) is 10.8. The van der Waals surface area contributed by atoms with E-state index >= 15 is 0 Å². The first-order valence-electron chi connectivity index (χ1n) is 11.7. The monoisotopic (exact) mass is 476 g/mol. The van der Waals surface area contributed by atoms with E-state index in [4.69, 9.17) is 0 Å². The van der Waals surface area contributed by atoms with Gasteiger partial charge in [0.25, 0.3) is 5.91 Å². The fraction of sp³-hybridized carbons (Fsp3) is 0.308. The zero-order valence-corrected chi connectivity index (χ0v) is 20.0. The van der Waals surface area contributed by atoms with Crippen LogP contribution in [0.5, 0.6) is 0 Å². The molecule has 1 atom stereocenters. The molecule has 3 heterocycles. The molecule has 2 aliphatic heterocycles. The number of fused-ring (bicyclic) bond motifs is 1. The Morgan fingerprint density at radius 3 is 2.29 bits per heavy atom. The first-order chi connectivity index (χ1) is 16.4. The van der Waals surface area contributed by atoms with Gasteiger partial charge in [-0.2, -0.15) is 4.31 Å². The third kappa shape index (κ3) is 4.19. The van der Waals surface area contributed by atoms with Gasteiger partial charge in [-0.05, 0) is 61.7 Å². The Bertz CT molecular complexity index is 1280. The Balaban J connectivity index is 1.43. The summed E-state index contributed by atoms with van der Waals surface area (Å²) in [7, 11) is -3.51.